The number of hydrogen-bond acceptors (Lipinski definition) is 5. The van der Waals surface area contributed by atoms with Crippen LogP contribution in [-0.4, -0.2) is 19.6 Å². The van der Waals surface area contributed by atoms with Crippen LogP contribution in [0.1, 0.15) is 10.9 Å². The zero-order valence-corrected chi connectivity index (χ0v) is 13.3. The van der Waals surface area contributed by atoms with E-state index in [2.05, 4.69) is 37.3 Å². The van der Waals surface area contributed by atoms with Crippen LogP contribution in [0, 0.1) is 0 Å². The van der Waals surface area contributed by atoms with E-state index in [9.17, 15) is 0 Å². The maximum atomic E-state index is 6.06. The Morgan fingerprint density at radius 1 is 1.35 bits per heavy atom. The minimum atomic E-state index is 0.151. The second kappa shape index (κ2) is 5.46. The Morgan fingerprint density at radius 3 is 2.70 bits per heavy atom. The first-order valence-electron chi connectivity index (χ1n) is 6.17. The van der Waals surface area contributed by atoms with Gasteiger partial charge in [-0.1, -0.05) is 0 Å². The number of nitrogens with zero attached hydrogens (tertiary/aromatic N) is 2. The van der Waals surface area contributed by atoms with Crippen molar-refractivity contribution >= 4 is 38.9 Å². The second-order valence-electron chi connectivity index (χ2n) is 4.42. The fraction of sp³-hybridized carbons (Fsp3) is 0.214. The highest BCUT2D eigenvalue weighted by molar-refractivity contribution is 9.10. The number of anilines is 1. The molecule has 3 rings (SSSR count). The van der Waals surface area contributed by atoms with Gasteiger partial charge in [0, 0.05) is 15.0 Å². The lowest BCUT2D eigenvalue weighted by molar-refractivity contribution is 0.415. The van der Waals surface area contributed by atoms with Crippen LogP contribution in [0.4, 0.5) is 5.69 Å². The SMILES string of the molecule is COc1ccc(N2C(N)=NCC2c2sccc2Br)cc1. The second-order valence-corrected chi connectivity index (χ2v) is 6.22. The van der Waals surface area contributed by atoms with Gasteiger partial charge in [-0.15, -0.1) is 11.3 Å². The summed E-state index contributed by atoms with van der Waals surface area (Å²) in [6, 6.07) is 10.1. The molecule has 2 N–H and O–H groups in total. The van der Waals surface area contributed by atoms with Crippen molar-refractivity contribution in [3.63, 3.8) is 0 Å². The predicted molar refractivity (Wildman–Crippen MR) is 86.7 cm³/mol. The van der Waals surface area contributed by atoms with E-state index >= 15 is 0 Å². The smallest absolute Gasteiger partial charge is 0.196 e. The molecule has 1 aromatic heterocycles. The summed E-state index contributed by atoms with van der Waals surface area (Å²) in [6.45, 7) is 0.678. The van der Waals surface area contributed by atoms with Gasteiger partial charge in [0.25, 0.3) is 0 Å². The lowest BCUT2D eigenvalue weighted by Gasteiger charge is -2.26. The first kappa shape index (κ1) is 13.5. The van der Waals surface area contributed by atoms with Crippen LogP contribution >= 0.6 is 27.3 Å². The van der Waals surface area contributed by atoms with Gasteiger partial charge in [-0.2, -0.15) is 0 Å². The van der Waals surface area contributed by atoms with Crippen LogP contribution in [0.3, 0.4) is 0 Å². The van der Waals surface area contributed by atoms with Gasteiger partial charge in [0.05, 0.1) is 19.7 Å². The van der Waals surface area contributed by atoms with Crippen molar-refractivity contribution in [1.29, 1.82) is 0 Å². The van der Waals surface area contributed by atoms with E-state index in [1.54, 1.807) is 18.4 Å². The Hall–Kier alpha value is -1.53. The Bertz CT molecular complexity index is 638. The van der Waals surface area contributed by atoms with Gasteiger partial charge in [-0.25, -0.2) is 0 Å². The van der Waals surface area contributed by atoms with Crippen LogP contribution in [0.15, 0.2) is 45.2 Å². The number of hydrogen-bond donors (Lipinski definition) is 1. The van der Waals surface area contributed by atoms with Gasteiger partial charge in [0.1, 0.15) is 5.75 Å². The van der Waals surface area contributed by atoms with Crippen molar-refractivity contribution in [1.82, 2.24) is 0 Å². The molecule has 104 valence electrons. The van der Waals surface area contributed by atoms with E-state index in [4.69, 9.17) is 10.5 Å². The third-order valence-electron chi connectivity index (χ3n) is 3.28. The van der Waals surface area contributed by atoms with E-state index in [0.717, 1.165) is 15.9 Å². The molecule has 1 aliphatic heterocycles. The zero-order chi connectivity index (χ0) is 14.1. The van der Waals surface area contributed by atoms with Gasteiger partial charge >= 0.3 is 0 Å². The molecule has 2 heterocycles. The minimum Gasteiger partial charge on any atom is -0.497 e. The summed E-state index contributed by atoms with van der Waals surface area (Å²) in [4.78, 5) is 7.70. The van der Waals surface area contributed by atoms with E-state index in [0.29, 0.717) is 12.5 Å². The molecule has 0 radical (unpaired) electrons. The number of thiophene rings is 1. The number of nitrogens with two attached hydrogens (primary N) is 1. The first-order chi connectivity index (χ1) is 9.70. The van der Waals surface area contributed by atoms with Gasteiger partial charge in [-0.3, -0.25) is 4.99 Å². The molecule has 1 atom stereocenters. The van der Waals surface area contributed by atoms with Gasteiger partial charge in [0.15, 0.2) is 5.96 Å². The van der Waals surface area contributed by atoms with Crippen molar-refractivity contribution in [3.8, 4) is 5.75 Å². The Balaban J connectivity index is 1.95. The highest BCUT2D eigenvalue weighted by Gasteiger charge is 2.30. The number of halogens is 1. The third-order valence-corrected chi connectivity index (χ3v) is 5.25. The standard InChI is InChI=1S/C14H14BrN3OS/c1-19-10-4-2-9(3-5-10)18-12(8-17-14(18)16)13-11(15)6-7-20-13/h2-7,12H,8H2,1H3,(H2,16,17). The molecule has 0 saturated heterocycles. The van der Waals surface area contributed by atoms with E-state index in [1.165, 1.54) is 4.88 Å². The lowest BCUT2D eigenvalue weighted by Crippen LogP contribution is -2.35. The van der Waals surface area contributed by atoms with Crippen LogP contribution in [0.5, 0.6) is 5.75 Å². The molecule has 2 aromatic rings. The average molecular weight is 352 g/mol. The zero-order valence-electron chi connectivity index (χ0n) is 10.9. The number of ether oxygens (including phenoxy) is 1. The summed E-state index contributed by atoms with van der Waals surface area (Å²) >= 11 is 5.30. The van der Waals surface area contributed by atoms with Crippen molar-refractivity contribution in [2.45, 2.75) is 6.04 Å². The number of methoxy groups -OCH3 is 1. The van der Waals surface area contributed by atoms with Gasteiger partial charge in [0.2, 0.25) is 0 Å². The summed E-state index contributed by atoms with van der Waals surface area (Å²) in [6.07, 6.45) is 0. The molecule has 4 nitrogen and oxygen atoms in total. The van der Waals surface area contributed by atoms with Crippen LogP contribution in [-0.2, 0) is 0 Å². The van der Waals surface area contributed by atoms with Crippen molar-refractivity contribution in [3.05, 3.63) is 45.1 Å². The highest BCUT2D eigenvalue weighted by atomic mass is 79.9. The lowest BCUT2D eigenvalue weighted by atomic mass is 10.2. The molecular formula is C14H14BrN3OS. The molecule has 20 heavy (non-hydrogen) atoms. The largest absolute Gasteiger partial charge is 0.497 e. The number of benzene rings is 1. The van der Waals surface area contributed by atoms with Crippen LogP contribution < -0.4 is 15.4 Å². The molecule has 6 heteroatoms. The average Bonchev–Trinajstić information content (AvgIpc) is 3.05. The Labute approximate surface area is 130 Å². The summed E-state index contributed by atoms with van der Waals surface area (Å²) in [5, 5.41) is 2.07. The van der Waals surface area contributed by atoms with E-state index in [-0.39, 0.29) is 6.04 Å². The van der Waals surface area contributed by atoms with E-state index < -0.39 is 0 Å². The molecule has 1 aromatic carbocycles. The molecule has 0 aliphatic carbocycles. The fourth-order valence-electron chi connectivity index (χ4n) is 2.30. The topological polar surface area (TPSA) is 50.9 Å². The summed E-state index contributed by atoms with van der Waals surface area (Å²) in [7, 11) is 1.66. The quantitative estimate of drug-likeness (QED) is 0.921. The minimum absolute atomic E-state index is 0.151. The summed E-state index contributed by atoms with van der Waals surface area (Å²) in [5.41, 5.74) is 7.09. The summed E-state index contributed by atoms with van der Waals surface area (Å²) < 4.78 is 6.30. The predicted octanol–water partition coefficient (Wildman–Crippen LogP) is 3.40. The molecule has 0 bridgehead atoms. The molecule has 0 fully saturated rings. The van der Waals surface area contributed by atoms with Crippen molar-refractivity contribution in [2.24, 2.45) is 10.7 Å². The van der Waals surface area contributed by atoms with E-state index in [1.807, 2.05) is 24.3 Å². The fourth-order valence-corrected chi connectivity index (χ4v) is 4.02. The number of guanidine groups is 1. The van der Waals surface area contributed by atoms with Crippen molar-refractivity contribution < 1.29 is 4.74 Å². The maximum absolute atomic E-state index is 6.06. The summed E-state index contributed by atoms with van der Waals surface area (Å²) in [5.74, 6) is 1.39. The normalized spacial score (nSPS) is 18.2. The number of aliphatic imine (C=N–C) groups is 1. The van der Waals surface area contributed by atoms with Gasteiger partial charge in [-0.05, 0) is 51.6 Å². The van der Waals surface area contributed by atoms with Crippen molar-refractivity contribution in [2.75, 3.05) is 18.6 Å². The Morgan fingerprint density at radius 2 is 2.10 bits per heavy atom. The molecule has 1 aliphatic rings. The molecule has 0 amide bonds. The monoisotopic (exact) mass is 351 g/mol. The molecular weight excluding hydrogens is 338 g/mol. The number of rotatable bonds is 3. The Kier molecular flexibility index (Phi) is 3.67. The molecule has 0 spiro atoms. The van der Waals surface area contributed by atoms with Crippen LogP contribution in [0.2, 0.25) is 0 Å². The first-order valence-corrected chi connectivity index (χ1v) is 7.84. The van der Waals surface area contributed by atoms with Crippen LogP contribution in [0.25, 0.3) is 0 Å². The maximum Gasteiger partial charge on any atom is 0.196 e. The third kappa shape index (κ3) is 2.29. The molecule has 0 saturated carbocycles. The van der Waals surface area contributed by atoms with Gasteiger partial charge < -0.3 is 15.4 Å². The highest BCUT2D eigenvalue weighted by Crippen LogP contribution is 2.38. The molecule has 1 unspecified atom stereocenters.